The van der Waals surface area contributed by atoms with Crippen molar-refractivity contribution >= 4 is 5.97 Å². The summed E-state index contributed by atoms with van der Waals surface area (Å²) in [6.07, 6.45) is 5.12. The van der Waals surface area contributed by atoms with Gasteiger partial charge in [-0.05, 0) is 98.4 Å². The van der Waals surface area contributed by atoms with Gasteiger partial charge in [0, 0.05) is 17.2 Å². The molecule has 0 amide bonds. The van der Waals surface area contributed by atoms with Crippen LogP contribution in [0.15, 0.2) is 42.5 Å². The molecule has 0 spiro atoms. The number of benzene rings is 2. The van der Waals surface area contributed by atoms with Crippen molar-refractivity contribution in [1.29, 1.82) is 0 Å². The van der Waals surface area contributed by atoms with Crippen molar-refractivity contribution in [2.75, 3.05) is 6.54 Å². The monoisotopic (exact) mass is 415 g/mol. The minimum absolute atomic E-state index is 0.162. The van der Waals surface area contributed by atoms with Gasteiger partial charge >= 0.3 is 5.97 Å². The number of carboxylic acid groups (broad SMARTS) is 1. The summed E-state index contributed by atoms with van der Waals surface area (Å²) < 4.78 is 0. The molecule has 3 heteroatoms. The minimum atomic E-state index is -0.903. The predicted octanol–water partition coefficient (Wildman–Crippen LogP) is 5.56. The average Bonchev–Trinajstić information content (AvgIpc) is 3.56. The van der Waals surface area contributed by atoms with Gasteiger partial charge in [-0.2, -0.15) is 0 Å². The fraction of sp³-hybridized carbons (Fsp3) is 0.464. The number of hydrogen-bond donors (Lipinski definition) is 2. The Labute approximate surface area is 186 Å². The van der Waals surface area contributed by atoms with Crippen LogP contribution in [0.1, 0.15) is 87.2 Å². The molecular weight excluding hydrogens is 382 g/mol. The first-order valence-electron chi connectivity index (χ1n) is 11.4. The van der Waals surface area contributed by atoms with E-state index in [1.807, 2.05) is 24.3 Å². The first-order chi connectivity index (χ1) is 14.7. The summed E-state index contributed by atoms with van der Waals surface area (Å²) in [5.74, 6) is 6.63. The Kier molecular flexibility index (Phi) is 5.71. The first kappa shape index (κ1) is 21.7. The zero-order valence-corrected chi connectivity index (χ0v) is 19.1. The van der Waals surface area contributed by atoms with Gasteiger partial charge in [0.05, 0.1) is 5.41 Å². The van der Waals surface area contributed by atoms with Crippen LogP contribution in [0.3, 0.4) is 0 Å². The second kappa shape index (κ2) is 8.17. The van der Waals surface area contributed by atoms with E-state index in [2.05, 4.69) is 49.2 Å². The molecule has 162 valence electrons. The second-order valence-electron chi connectivity index (χ2n) is 10.4. The van der Waals surface area contributed by atoms with Crippen LogP contribution in [0.2, 0.25) is 0 Å². The number of rotatable bonds is 5. The molecule has 0 saturated heterocycles. The van der Waals surface area contributed by atoms with E-state index in [4.69, 9.17) is 0 Å². The molecule has 1 fully saturated rings. The largest absolute Gasteiger partial charge is 0.481 e. The maximum atomic E-state index is 11.5. The van der Waals surface area contributed by atoms with E-state index < -0.39 is 11.4 Å². The van der Waals surface area contributed by atoms with Gasteiger partial charge in [-0.25, -0.2) is 0 Å². The lowest BCUT2D eigenvalue weighted by Gasteiger charge is -2.37. The molecule has 4 rings (SSSR count). The van der Waals surface area contributed by atoms with E-state index in [0.29, 0.717) is 6.04 Å². The van der Waals surface area contributed by atoms with E-state index in [1.165, 1.54) is 36.8 Å². The van der Waals surface area contributed by atoms with Crippen molar-refractivity contribution in [2.24, 2.45) is 5.92 Å². The summed E-state index contributed by atoms with van der Waals surface area (Å²) in [5, 5.41) is 13.2. The summed E-state index contributed by atoms with van der Waals surface area (Å²) >= 11 is 0. The smallest absolute Gasteiger partial charge is 0.313 e. The van der Waals surface area contributed by atoms with E-state index in [9.17, 15) is 9.90 Å². The Hall–Kier alpha value is -2.57. The number of aliphatic carboxylic acids is 1. The molecule has 2 N–H and O–H groups in total. The Morgan fingerprint density at radius 3 is 2.35 bits per heavy atom. The number of hydrogen-bond acceptors (Lipinski definition) is 2. The molecule has 2 aromatic rings. The van der Waals surface area contributed by atoms with Gasteiger partial charge in [0.25, 0.3) is 0 Å². The number of carboxylic acids is 1. The molecular formula is C28H33NO2. The number of carbonyl (C=O) groups is 1. The van der Waals surface area contributed by atoms with Crippen molar-refractivity contribution in [3.63, 3.8) is 0 Å². The van der Waals surface area contributed by atoms with Crippen LogP contribution in [0.25, 0.3) is 0 Å². The summed E-state index contributed by atoms with van der Waals surface area (Å²) in [5.41, 5.74) is 4.82. The highest BCUT2D eigenvalue weighted by atomic mass is 16.4. The van der Waals surface area contributed by atoms with Crippen LogP contribution in [-0.4, -0.2) is 17.6 Å². The highest BCUT2D eigenvalue weighted by Gasteiger charge is 2.33. The van der Waals surface area contributed by atoms with Gasteiger partial charge in [-0.15, -0.1) is 0 Å². The maximum Gasteiger partial charge on any atom is 0.313 e. The van der Waals surface area contributed by atoms with Crippen molar-refractivity contribution in [3.8, 4) is 11.8 Å². The summed E-state index contributed by atoms with van der Waals surface area (Å²) in [7, 11) is 0. The quantitative estimate of drug-likeness (QED) is 0.629. The third-order valence-electron chi connectivity index (χ3n) is 7.06. The first-order valence-corrected chi connectivity index (χ1v) is 11.4. The summed E-state index contributed by atoms with van der Waals surface area (Å²) in [6.45, 7) is 9.25. The van der Waals surface area contributed by atoms with Gasteiger partial charge in [0.15, 0.2) is 0 Å². The van der Waals surface area contributed by atoms with E-state index in [0.717, 1.165) is 29.2 Å². The lowest BCUT2D eigenvalue weighted by atomic mass is 9.70. The molecule has 3 nitrogen and oxygen atoms in total. The van der Waals surface area contributed by atoms with Crippen molar-refractivity contribution < 1.29 is 9.90 Å². The molecule has 0 aromatic heterocycles. The number of fused-ring (bicyclic) bond motifs is 1. The maximum absolute atomic E-state index is 11.5. The van der Waals surface area contributed by atoms with Gasteiger partial charge in [0.2, 0.25) is 0 Å². The highest BCUT2D eigenvalue weighted by Crippen LogP contribution is 2.42. The third kappa shape index (κ3) is 4.70. The SMILES string of the molecule is CC1(C)CCC(NCC2CC2)c2ccc(C#Cc3ccc(C(C)(C)C(=O)O)cc3)cc21. The fourth-order valence-corrected chi connectivity index (χ4v) is 4.40. The van der Waals surface area contributed by atoms with Crippen LogP contribution in [0.4, 0.5) is 0 Å². The standard InChI is InChI=1S/C28H33NO2/c1-27(2)16-15-25(29-18-21-7-8-21)23-14-11-20(17-24(23)27)6-5-19-9-12-22(13-10-19)28(3,4)26(30)31/h9-14,17,21,25,29H,7-8,15-16,18H2,1-4H3,(H,30,31). The Balaban J connectivity index is 1.55. The average molecular weight is 416 g/mol. The van der Waals surface area contributed by atoms with Crippen molar-refractivity contribution in [2.45, 2.75) is 70.3 Å². The molecule has 2 aromatic carbocycles. The molecule has 1 unspecified atom stereocenters. The Morgan fingerprint density at radius 1 is 1.06 bits per heavy atom. The van der Waals surface area contributed by atoms with E-state index in [-0.39, 0.29) is 5.41 Å². The molecule has 0 aliphatic heterocycles. The highest BCUT2D eigenvalue weighted by molar-refractivity contribution is 5.80. The molecule has 1 atom stereocenters. The Morgan fingerprint density at radius 2 is 1.71 bits per heavy atom. The molecule has 0 bridgehead atoms. The Bertz CT molecular complexity index is 1030. The zero-order valence-electron chi connectivity index (χ0n) is 19.1. The lowest BCUT2D eigenvalue weighted by Crippen LogP contribution is -2.33. The number of nitrogens with one attached hydrogen (secondary N) is 1. The molecule has 1 saturated carbocycles. The molecule has 0 radical (unpaired) electrons. The second-order valence-corrected chi connectivity index (χ2v) is 10.4. The van der Waals surface area contributed by atoms with Gasteiger partial charge in [0.1, 0.15) is 0 Å². The summed E-state index contributed by atoms with van der Waals surface area (Å²) in [6, 6.07) is 14.7. The van der Waals surface area contributed by atoms with E-state index >= 15 is 0 Å². The molecule has 0 heterocycles. The van der Waals surface area contributed by atoms with Crippen LogP contribution in [0, 0.1) is 17.8 Å². The van der Waals surface area contributed by atoms with Crippen LogP contribution < -0.4 is 5.32 Å². The summed E-state index contributed by atoms with van der Waals surface area (Å²) in [4.78, 5) is 11.5. The molecule has 2 aliphatic rings. The predicted molar refractivity (Wildman–Crippen MR) is 125 cm³/mol. The van der Waals surface area contributed by atoms with Crippen molar-refractivity contribution in [3.05, 3.63) is 70.3 Å². The normalized spacial score (nSPS) is 19.8. The van der Waals surface area contributed by atoms with E-state index in [1.54, 1.807) is 13.8 Å². The van der Waals surface area contributed by atoms with Crippen LogP contribution >= 0.6 is 0 Å². The lowest BCUT2D eigenvalue weighted by molar-refractivity contribution is -0.142. The molecule has 2 aliphatic carbocycles. The van der Waals surface area contributed by atoms with Crippen LogP contribution in [-0.2, 0) is 15.6 Å². The zero-order chi connectivity index (χ0) is 22.2. The van der Waals surface area contributed by atoms with Gasteiger partial charge in [-0.3, -0.25) is 4.79 Å². The third-order valence-corrected chi connectivity index (χ3v) is 7.06. The topological polar surface area (TPSA) is 49.3 Å². The minimum Gasteiger partial charge on any atom is -0.481 e. The van der Waals surface area contributed by atoms with Gasteiger partial charge < -0.3 is 10.4 Å². The van der Waals surface area contributed by atoms with Crippen molar-refractivity contribution in [1.82, 2.24) is 5.32 Å². The van der Waals surface area contributed by atoms with Crippen LogP contribution in [0.5, 0.6) is 0 Å². The van der Waals surface area contributed by atoms with Gasteiger partial charge in [-0.1, -0.05) is 43.9 Å². The fourth-order valence-electron chi connectivity index (χ4n) is 4.40. The molecule has 31 heavy (non-hydrogen) atoms.